The molecule has 1 aromatic carbocycles. The van der Waals surface area contributed by atoms with E-state index in [0.717, 1.165) is 40.2 Å². The molecular weight excluding hydrogens is 372 g/mol. The summed E-state index contributed by atoms with van der Waals surface area (Å²) in [5.74, 6) is 0.788. The number of fused-ring (bicyclic) bond motifs is 1. The van der Waals surface area contributed by atoms with Gasteiger partial charge in [-0.15, -0.1) is 11.3 Å². The fourth-order valence-electron chi connectivity index (χ4n) is 3.41. The van der Waals surface area contributed by atoms with E-state index < -0.39 is 6.04 Å². The first-order chi connectivity index (χ1) is 13.5. The Morgan fingerprint density at radius 3 is 2.79 bits per heavy atom. The predicted octanol–water partition coefficient (Wildman–Crippen LogP) is 3.96. The van der Waals surface area contributed by atoms with Crippen LogP contribution in [0.25, 0.3) is 22.3 Å². The molecule has 1 atom stereocenters. The van der Waals surface area contributed by atoms with Gasteiger partial charge in [-0.2, -0.15) is 5.10 Å². The van der Waals surface area contributed by atoms with Crippen LogP contribution in [-0.4, -0.2) is 30.2 Å². The molecule has 1 amide bonds. The lowest BCUT2D eigenvalue weighted by molar-refractivity contribution is -0.118. The molecule has 0 aliphatic carbocycles. The van der Waals surface area contributed by atoms with Gasteiger partial charge in [0.25, 0.3) is 0 Å². The Labute approximate surface area is 167 Å². The number of rotatable bonds is 5. The second-order valence-corrected chi connectivity index (χ2v) is 7.60. The molecule has 0 unspecified atom stereocenters. The molecule has 0 fully saturated rings. The molecular formula is C20H22N6OS. The van der Waals surface area contributed by atoms with Crippen LogP contribution >= 0.6 is 11.3 Å². The van der Waals surface area contributed by atoms with Crippen molar-refractivity contribution in [1.82, 2.24) is 24.3 Å². The highest BCUT2D eigenvalue weighted by molar-refractivity contribution is 7.14. The van der Waals surface area contributed by atoms with Crippen LogP contribution in [0.5, 0.6) is 0 Å². The largest absolute Gasteiger partial charge is 0.316 e. The molecule has 0 saturated carbocycles. The maximum absolute atomic E-state index is 12.9. The molecule has 0 aliphatic rings. The van der Waals surface area contributed by atoms with Crippen LogP contribution in [0.4, 0.5) is 5.13 Å². The third kappa shape index (κ3) is 3.20. The molecule has 144 valence electrons. The number of aryl methyl sites for hydroxylation is 3. The highest BCUT2D eigenvalue weighted by Crippen LogP contribution is 2.28. The summed E-state index contributed by atoms with van der Waals surface area (Å²) in [7, 11) is 1.88. The van der Waals surface area contributed by atoms with Crippen LogP contribution in [0.1, 0.15) is 31.4 Å². The van der Waals surface area contributed by atoms with E-state index in [1.54, 1.807) is 4.68 Å². The van der Waals surface area contributed by atoms with Crippen molar-refractivity contribution in [1.29, 1.82) is 0 Å². The molecule has 7 nitrogen and oxygen atoms in total. The van der Waals surface area contributed by atoms with Gasteiger partial charge in [-0.25, -0.2) is 9.97 Å². The van der Waals surface area contributed by atoms with Crippen molar-refractivity contribution < 1.29 is 4.79 Å². The van der Waals surface area contributed by atoms with Gasteiger partial charge < -0.3 is 9.88 Å². The van der Waals surface area contributed by atoms with Crippen molar-refractivity contribution in [3.63, 3.8) is 0 Å². The number of nitrogens with one attached hydrogen (secondary N) is 1. The number of aromatic nitrogens is 5. The standard InChI is InChI=1S/C20H22N6OS/c1-5-18-21-15-8-6-7-9-17(15)26(18)13(3)19(27)23-20-22-16(11-28-20)14-10-25(4)24-12(14)2/h6-11,13H,5H2,1-4H3,(H,22,23,27)/t13-/m0/s1. The molecule has 8 heteroatoms. The normalized spacial score (nSPS) is 12.4. The zero-order valence-corrected chi connectivity index (χ0v) is 17.1. The van der Waals surface area contributed by atoms with Gasteiger partial charge in [0.05, 0.1) is 22.4 Å². The number of thiazole rings is 1. The number of nitrogens with zero attached hydrogens (tertiary/aromatic N) is 5. The van der Waals surface area contributed by atoms with Crippen LogP contribution in [0.15, 0.2) is 35.8 Å². The first kappa shape index (κ1) is 18.4. The Balaban J connectivity index is 1.59. The van der Waals surface area contributed by atoms with Crippen molar-refractivity contribution in [2.75, 3.05) is 5.32 Å². The summed E-state index contributed by atoms with van der Waals surface area (Å²) < 4.78 is 3.77. The molecule has 1 N–H and O–H groups in total. The molecule has 0 radical (unpaired) electrons. The molecule has 4 aromatic rings. The highest BCUT2D eigenvalue weighted by atomic mass is 32.1. The first-order valence-electron chi connectivity index (χ1n) is 9.20. The maximum atomic E-state index is 12.9. The van der Waals surface area contributed by atoms with Gasteiger partial charge in [-0.05, 0) is 26.0 Å². The van der Waals surface area contributed by atoms with Gasteiger partial charge >= 0.3 is 0 Å². The van der Waals surface area contributed by atoms with Gasteiger partial charge in [-0.1, -0.05) is 19.1 Å². The molecule has 0 saturated heterocycles. The number of hydrogen-bond donors (Lipinski definition) is 1. The van der Waals surface area contributed by atoms with E-state index in [4.69, 9.17) is 0 Å². The fraction of sp³-hybridized carbons (Fsp3) is 0.300. The second kappa shape index (κ2) is 7.20. The predicted molar refractivity (Wildman–Crippen MR) is 112 cm³/mol. The second-order valence-electron chi connectivity index (χ2n) is 6.75. The lowest BCUT2D eigenvalue weighted by Crippen LogP contribution is -2.24. The number of anilines is 1. The van der Waals surface area contributed by atoms with Gasteiger partial charge in [0.15, 0.2) is 5.13 Å². The van der Waals surface area contributed by atoms with Gasteiger partial charge in [-0.3, -0.25) is 9.48 Å². The van der Waals surface area contributed by atoms with Crippen molar-refractivity contribution in [3.8, 4) is 11.3 Å². The zero-order chi connectivity index (χ0) is 19.8. The Morgan fingerprint density at radius 1 is 1.29 bits per heavy atom. The summed E-state index contributed by atoms with van der Waals surface area (Å²) in [6.07, 6.45) is 2.69. The van der Waals surface area contributed by atoms with Crippen LogP contribution < -0.4 is 5.32 Å². The van der Waals surface area contributed by atoms with Crippen LogP contribution in [-0.2, 0) is 18.3 Å². The lowest BCUT2D eigenvalue weighted by Gasteiger charge is -2.16. The Hall–Kier alpha value is -3.00. The molecule has 0 spiro atoms. The van der Waals surface area contributed by atoms with Gasteiger partial charge in [0.1, 0.15) is 11.9 Å². The van der Waals surface area contributed by atoms with Crippen molar-refractivity contribution >= 4 is 33.4 Å². The minimum Gasteiger partial charge on any atom is -0.316 e. The smallest absolute Gasteiger partial charge is 0.248 e. The lowest BCUT2D eigenvalue weighted by atomic mass is 10.2. The van der Waals surface area contributed by atoms with E-state index in [-0.39, 0.29) is 5.91 Å². The van der Waals surface area contributed by atoms with Crippen LogP contribution in [0.2, 0.25) is 0 Å². The number of benzene rings is 1. The average Bonchev–Trinajstić information content (AvgIpc) is 3.37. The maximum Gasteiger partial charge on any atom is 0.248 e. The molecule has 28 heavy (non-hydrogen) atoms. The van der Waals surface area contributed by atoms with E-state index in [1.807, 2.05) is 68.2 Å². The molecule has 0 aliphatic heterocycles. The summed E-state index contributed by atoms with van der Waals surface area (Å²) in [5, 5.41) is 9.83. The quantitative estimate of drug-likeness (QED) is 0.556. The Kier molecular flexibility index (Phi) is 4.72. The minimum atomic E-state index is -0.394. The average molecular weight is 395 g/mol. The minimum absolute atomic E-state index is 0.110. The molecule has 0 bridgehead atoms. The zero-order valence-electron chi connectivity index (χ0n) is 16.3. The third-order valence-electron chi connectivity index (χ3n) is 4.78. The first-order valence-corrected chi connectivity index (χ1v) is 10.1. The van der Waals surface area contributed by atoms with E-state index in [9.17, 15) is 4.79 Å². The molecule has 4 rings (SSSR count). The fourth-order valence-corrected chi connectivity index (χ4v) is 4.12. The van der Waals surface area contributed by atoms with Crippen molar-refractivity contribution in [3.05, 3.63) is 47.4 Å². The highest BCUT2D eigenvalue weighted by Gasteiger charge is 2.22. The number of hydrogen-bond acceptors (Lipinski definition) is 5. The SMILES string of the molecule is CCc1nc2ccccc2n1[C@@H](C)C(=O)Nc1nc(-c2cn(C)nc2C)cs1. The van der Waals surface area contributed by atoms with Crippen molar-refractivity contribution in [2.24, 2.45) is 7.05 Å². The van der Waals surface area contributed by atoms with Gasteiger partial charge in [0, 0.05) is 30.6 Å². The number of carbonyl (C=O) groups is 1. The van der Waals surface area contributed by atoms with E-state index in [2.05, 4.69) is 20.4 Å². The van der Waals surface area contributed by atoms with Crippen LogP contribution in [0, 0.1) is 6.92 Å². The molecule has 3 heterocycles. The third-order valence-corrected chi connectivity index (χ3v) is 5.53. The Bertz CT molecular complexity index is 1150. The number of para-hydroxylation sites is 2. The topological polar surface area (TPSA) is 77.6 Å². The monoisotopic (exact) mass is 394 g/mol. The summed E-state index contributed by atoms with van der Waals surface area (Å²) in [6.45, 7) is 5.89. The Morgan fingerprint density at radius 2 is 2.07 bits per heavy atom. The summed E-state index contributed by atoms with van der Waals surface area (Å²) in [5.41, 5.74) is 4.58. The molecule has 3 aromatic heterocycles. The van der Waals surface area contributed by atoms with E-state index in [1.165, 1.54) is 11.3 Å². The summed E-state index contributed by atoms with van der Waals surface area (Å²) in [4.78, 5) is 22.2. The van der Waals surface area contributed by atoms with E-state index in [0.29, 0.717) is 5.13 Å². The number of amides is 1. The van der Waals surface area contributed by atoms with Gasteiger partial charge in [0.2, 0.25) is 5.91 Å². The van der Waals surface area contributed by atoms with E-state index >= 15 is 0 Å². The summed E-state index contributed by atoms with van der Waals surface area (Å²) >= 11 is 1.41. The van der Waals surface area contributed by atoms with Crippen LogP contribution in [0.3, 0.4) is 0 Å². The summed E-state index contributed by atoms with van der Waals surface area (Å²) in [6, 6.07) is 7.50. The van der Waals surface area contributed by atoms with Crippen molar-refractivity contribution in [2.45, 2.75) is 33.2 Å². The number of imidazole rings is 1. The number of carbonyl (C=O) groups excluding carboxylic acids is 1.